The van der Waals surface area contributed by atoms with Crippen molar-refractivity contribution >= 4 is 5.91 Å². The third kappa shape index (κ3) is 5.08. The van der Waals surface area contributed by atoms with E-state index in [-0.39, 0.29) is 12.5 Å². The molecule has 1 aliphatic heterocycles. The van der Waals surface area contributed by atoms with Gasteiger partial charge in [-0.3, -0.25) is 9.69 Å². The van der Waals surface area contributed by atoms with E-state index in [0.717, 1.165) is 39.1 Å². The van der Waals surface area contributed by atoms with Gasteiger partial charge in [-0.15, -0.1) is 0 Å². The lowest BCUT2D eigenvalue weighted by molar-refractivity contribution is -0.135. The molecule has 0 aromatic heterocycles. The number of nitriles is 1. The number of rotatable bonds is 6. The first-order chi connectivity index (χ1) is 12.7. The van der Waals surface area contributed by atoms with Gasteiger partial charge in [-0.2, -0.15) is 5.26 Å². The molecule has 1 fully saturated rings. The van der Waals surface area contributed by atoms with E-state index >= 15 is 0 Å². The smallest absolute Gasteiger partial charge is 0.260 e. The minimum Gasteiger partial charge on any atom is -0.484 e. The van der Waals surface area contributed by atoms with E-state index in [0.29, 0.717) is 11.3 Å². The Kier molecular flexibility index (Phi) is 6.24. The molecule has 0 atom stereocenters. The van der Waals surface area contributed by atoms with Gasteiger partial charge in [-0.05, 0) is 36.2 Å². The Hall–Kier alpha value is -2.84. The van der Waals surface area contributed by atoms with Crippen molar-refractivity contribution in [2.75, 3.05) is 39.3 Å². The maximum absolute atomic E-state index is 12.3. The van der Waals surface area contributed by atoms with Crippen LogP contribution in [0.4, 0.5) is 0 Å². The van der Waals surface area contributed by atoms with Gasteiger partial charge in [0, 0.05) is 32.7 Å². The van der Waals surface area contributed by atoms with Crippen LogP contribution in [0.5, 0.6) is 5.75 Å². The summed E-state index contributed by atoms with van der Waals surface area (Å²) >= 11 is 0. The van der Waals surface area contributed by atoms with Gasteiger partial charge < -0.3 is 9.64 Å². The second kappa shape index (κ2) is 9.02. The van der Waals surface area contributed by atoms with Crippen molar-refractivity contribution in [3.05, 3.63) is 65.7 Å². The summed E-state index contributed by atoms with van der Waals surface area (Å²) in [5, 5.41) is 8.79. The summed E-state index contributed by atoms with van der Waals surface area (Å²) in [7, 11) is 0. The normalized spacial score (nSPS) is 14.7. The van der Waals surface area contributed by atoms with Crippen LogP contribution in [0.1, 0.15) is 11.1 Å². The number of hydrogen-bond acceptors (Lipinski definition) is 4. The molecule has 134 valence electrons. The summed E-state index contributed by atoms with van der Waals surface area (Å²) in [5.41, 5.74) is 1.93. The molecule has 1 amide bonds. The molecule has 0 unspecified atom stereocenters. The summed E-state index contributed by atoms with van der Waals surface area (Å²) < 4.78 is 5.54. The van der Waals surface area contributed by atoms with Crippen LogP contribution in [-0.2, 0) is 11.2 Å². The standard InChI is InChI=1S/C21H23N3O2/c22-16-19-6-8-20(9-7-19)26-17-21(25)24-14-12-23(13-15-24)11-10-18-4-2-1-3-5-18/h1-9H,10-15,17H2. The molecule has 0 radical (unpaired) electrons. The van der Waals surface area contributed by atoms with Crippen molar-refractivity contribution in [3.63, 3.8) is 0 Å². The van der Waals surface area contributed by atoms with Crippen molar-refractivity contribution < 1.29 is 9.53 Å². The lowest BCUT2D eigenvalue weighted by Crippen LogP contribution is -2.50. The summed E-state index contributed by atoms with van der Waals surface area (Å²) in [6.45, 7) is 4.34. The van der Waals surface area contributed by atoms with Gasteiger partial charge in [-0.1, -0.05) is 30.3 Å². The zero-order valence-corrected chi connectivity index (χ0v) is 14.8. The Bertz CT molecular complexity index is 745. The van der Waals surface area contributed by atoms with Crippen LogP contribution in [-0.4, -0.2) is 55.0 Å². The van der Waals surface area contributed by atoms with Gasteiger partial charge in [-0.25, -0.2) is 0 Å². The highest BCUT2D eigenvalue weighted by Gasteiger charge is 2.21. The first-order valence-electron chi connectivity index (χ1n) is 8.91. The quantitative estimate of drug-likeness (QED) is 0.803. The van der Waals surface area contributed by atoms with Crippen LogP contribution in [0.2, 0.25) is 0 Å². The van der Waals surface area contributed by atoms with Gasteiger partial charge in [0.15, 0.2) is 6.61 Å². The fraction of sp³-hybridized carbons (Fsp3) is 0.333. The lowest BCUT2D eigenvalue weighted by atomic mass is 10.1. The number of nitrogens with zero attached hydrogens (tertiary/aromatic N) is 3. The molecule has 0 spiro atoms. The highest BCUT2D eigenvalue weighted by atomic mass is 16.5. The highest BCUT2D eigenvalue weighted by Crippen LogP contribution is 2.12. The molecule has 0 bridgehead atoms. The molecule has 0 N–H and O–H groups in total. The highest BCUT2D eigenvalue weighted by molar-refractivity contribution is 5.77. The summed E-state index contributed by atoms with van der Waals surface area (Å²) in [6.07, 6.45) is 1.04. The molecule has 0 aliphatic carbocycles. The molecule has 0 saturated carbocycles. The topological polar surface area (TPSA) is 56.6 Å². The van der Waals surface area contributed by atoms with Crippen molar-refractivity contribution in [1.82, 2.24) is 9.80 Å². The minimum absolute atomic E-state index is 0.0112. The van der Waals surface area contributed by atoms with Gasteiger partial charge >= 0.3 is 0 Å². The van der Waals surface area contributed by atoms with E-state index in [1.807, 2.05) is 11.0 Å². The van der Waals surface area contributed by atoms with Crippen LogP contribution in [0.3, 0.4) is 0 Å². The molecular weight excluding hydrogens is 326 g/mol. The van der Waals surface area contributed by atoms with Gasteiger partial charge in [0.2, 0.25) is 0 Å². The Morgan fingerprint density at radius 2 is 1.69 bits per heavy atom. The fourth-order valence-electron chi connectivity index (χ4n) is 3.01. The summed E-state index contributed by atoms with van der Waals surface area (Å²) in [4.78, 5) is 16.6. The largest absolute Gasteiger partial charge is 0.484 e. The molecular formula is C21H23N3O2. The van der Waals surface area contributed by atoms with Gasteiger partial charge in [0.1, 0.15) is 5.75 Å². The summed E-state index contributed by atoms with van der Waals surface area (Å²) in [6, 6.07) is 19.3. The van der Waals surface area contributed by atoms with Crippen LogP contribution in [0, 0.1) is 11.3 Å². The van der Waals surface area contributed by atoms with Crippen molar-refractivity contribution in [3.8, 4) is 11.8 Å². The second-order valence-electron chi connectivity index (χ2n) is 6.38. The minimum atomic E-state index is 0.0112. The molecule has 1 aliphatic rings. The number of carbonyl (C=O) groups is 1. The van der Waals surface area contributed by atoms with E-state index in [9.17, 15) is 4.79 Å². The van der Waals surface area contributed by atoms with Crippen LogP contribution < -0.4 is 4.74 Å². The van der Waals surface area contributed by atoms with Crippen LogP contribution >= 0.6 is 0 Å². The van der Waals surface area contributed by atoms with Crippen molar-refractivity contribution in [2.24, 2.45) is 0 Å². The first-order valence-corrected chi connectivity index (χ1v) is 8.91. The van der Waals surface area contributed by atoms with E-state index in [2.05, 4.69) is 35.2 Å². The first kappa shape index (κ1) is 18.0. The van der Waals surface area contributed by atoms with E-state index in [1.54, 1.807) is 24.3 Å². The number of piperazine rings is 1. The van der Waals surface area contributed by atoms with Gasteiger partial charge in [0.25, 0.3) is 5.91 Å². The molecule has 5 nitrogen and oxygen atoms in total. The maximum atomic E-state index is 12.3. The van der Waals surface area contributed by atoms with Crippen molar-refractivity contribution in [2.45, 2.75) is 6.42 Å². The SMILES string of the molecule is N#Cc1ccc(OCC(=O)N2CCN(CCc3ccccc3)CC2)cc1. The van der Waals surface area contributed by atoms with Gasteiger partial charge in [0.05, 0.1) is 11.6 Å². The fourth-order valence-corrected chi connectivity index (χ4v) is 3.01. The molecule has 2 aromatic rings. The van der Waals surface area contributed by atoms with E-state index < -0.39 is 0 Å². The van der Waals surface area contributed by atoms with Crippen LogP contribution in [0.25, 0.3) is 0 Å². The Labute approximate surface area is 154 Å². The second-order valence-corrected chi connectivity index (χ2v) is 6.38. The molecule has 1 saturated heterocycles. The summed E-state index contributed by atoms with van der Waals surface area (Å²) in [5.74, 6) is 0.621. The number of hydrogen-bond donors (Lipinski definition) is 0. The van der Waals surface area contributed by atoms with Crippen LogP contribution in [0.15, 0.2) is 54.6 Å². The monoisotopic (exact) mass is 349 g/mol. The number of carbonyl (C=O) groups excluding carboxylic acids is 1. The molecule has 5 heteroatoms. The number of benzene rings is 2. The maximum Gasteiger partial charge on any atom is 0.260 e. The molecule has 3 rings (SSSR count). The molecule has 1 heterocycles. The number of ether oxygens (including phenoxy) is 1. The Morgan fingerprint density at radius 1 is 1.00 bits per heavy atom. The Balaban J connectivity index is 1.38. The predicted octanol–water partition coefficient (Wildman–Crippen LogP) is 2.32. The predicted molar refractivity (Wildman–Crippen MR) is 99.8 cm³/mol. The average molecular weight is 349 g/mol. The van der Waals surface area contributed by atoms with Crippen molar-refractivity contribution in [1.29, 1.82) is 5.26 Å². The molecule has 26 heavy (non-hydrogen) atoms. The van der Waals surface area contributed by atoms with E-state index in [4.69, 9.17) is 10.00 Å². The lowest BCUT2D eigenvalue weighted by Gasteiger charge is -2.34. The number of amides is 1. The third-order valence-electron chi connectivity index (χ3n) is 4.63. The molecule has 2 aromatic carbocycles. The van der Waals surface area contributed by atoms with E-state index in [1.165, 1.54) is 5.56 Å². The third-order valence-corrected chi connectivity index (χ3v) is 4.63. The average Bonchev–Trinajstić information content (AvgIpc) is 2.72. The Morgan fingerprint density at radius 3 is 2.35 bits per heavy atom. The zero-order chi connectivity index (χ0) is 18.2. The zero-order valence-electron chi connectivity index (χ0n) is 14.8.